The lowest BCUT2D eigenvalue weighted by atomic mass is 10.2. The summed E-state index contributed by atoms with van der Waals surface area (Å²) in [5.41, 5.74) is 7.35. The van der Waals surface area contributed by atoms with Crippen LogP contribution in [-0.4, -0.2) is 31.6 Å². The standard InChI is InChI=1S/C11H11ClN4O2S/c1-6-3-2-4-7(12)9(6)16-10(13)14-15-11(16)19-5-8(17)18/h2-4H,5H2,1H3,(H2,13,14)(H,17,18). The summed E-state index contributed by atoms with van der Waals surface area (Å²) in [5, 5.41) is 17.3. The van der Waals surface area contributed by atoms with Gasteiger partial charge in [0, 0.05) is 0 Å². The van der Waals surface area contributed by atoms with Crippen LogP contribution in [0, 0.1) is 6.92 Å². The summed E-state index contributed by atoms with van der Waals surface area (Å²) in [7, 11) is 0. The molecule has 0 fully saturated rings. The maximum atomic E-state index is 10.6. The Hall–Kier alpha value is -1.73. The van der Waals surface area contributed by atoms with Gasteiger partial charge in [-0.05, 0) is 18.6 Å². The molecule has 6 nitrogen and oxygen atoms in total. The molecule has 3 N–H and O–H groups in total. The molecule has 1 aromatic carbocycles. The van der Waals surface area contributed by atoms with Crippen molar-refractivity contribution in [3.8, 4) is 5.69 Å². The predicted octanol–water partition coefficient (Wildman–Crippen LogP) is 1.99. The fraction of sp³-hybridized carbons (Fsp3) is 0.182. The highest BCUT2D eigenvalue weighted by Crippen LogP contribution is 2.30. The second-order valence-electron chi connectivity index (χ2n) is 3.76. The molecule has 0 bridgehead atoms. The van der Waals surface area contributed by atoms with Crippen molar-refractivity contribution >= 4 is 35.3 Å². The summed E-state index contributed by atoms with van der Waals surface area (Å²) in [6.45, 7) is 1.88. The number of benzene rings is 1. The molecule has 100 valence electrons. The van der Waals surface area contributed by atoms with Gasteiger partial charge < -0.3 is 10.8 Å². The van der Waals surface area contributed by atoms with E-state index in [1.807, 2.05) is 19.1 Å². The molecule has 0 saturated carbocycles. The SMILES string of the molecule is Cc1cccc(Cl)c1-n1c(N)nnc1SCC(=O)O. The minimum atomic E-state index is -0.936. The van der Waals surface area contributed by atoms with Gasteiger partial charge in [0.1, 0.15) is 0 Å². The van der Waals surface area contributed by atoms with Crippen molar-refractivity contribution in [3.05, 3.63) is 28.8 Å². The zero-order chi connectivity index (χ0) is 14.0. The minimum Gasteiger partial charge on any atom is -0.481 e. The Balaban J connectivity index is 2.49. The number of thioether (sulfide) groups is 1. The largest absolute Gasteiger partial charge is 0.481 e. The van der Waals surface area contributed by atoms with Crippen molar-refractivity contribution in [1.29, 1.82) is 0 Å². The van der Waals surface area contributed by atoms with E-state index in [9.17, 15) is 4.79 Å². The summed E-state index contributed by atoms with van der Waals surface area (Å²) in [6.07, 6.45) is 0. The van der Waals surface area contributed by atoms with E-state index in [2.05, 4.69) is 10.2 Å². The normalized spacial score (nSPS) is 10.6. The Labute approximate surface area is 118 Å². The van der Waals surface area contributed by atoms with E-state index in [1.165, 1.54) is 0 Å². The van der Waals surface area contributed by atoms with Crippen LogP contribution in [0.5, 0.6) is 0 Å². The number of nitrogen functional groups attached to an aromatic ring is 1. The summed E-state index contributed by atoms with van der Waals surface area (Å²) >= 11 is 7.21. The number of hydrogen-bond acceptors (Lipinski definition) is 5. The van der Waals surface area contributed by atoms with E-state index in [1.54, 1.807) is 10.6 Å². The van der Waals surface area contributed by atoms with Crippen LogP contribution in [0.3, 0.4) is 0 Å². The van der Waals surface area contributed by atoms with Gasteiger partial charge in [-0.3, -0.25) is 9.36 Å². The van der Waals surface area contributed by atoms with Gasteiger partial charge in [-0.25, -0.2) is 0 Å². The second kappa shape index (κ2) is 5.50. The third-order valence-corrected chi connectivity index (χ3v) is 3.61. The number of carbonyl (C=O) groups is 1. The van der Waals surface area contributed by atoms with E-state index in [-0.39, 0.29) is 11.7 Å². The van der Waals surface area contributed by atoms with Crippen LogP contribution in [0.2, 0.25) is 5.02 Å². The first-order valence-corrected chi connectivity index (χ1v) is 6.68. The number of aromatic nitrogens is 3. The number of rotatable bonds is 4. The fourth-order valence-corrected chi connectivity index (χ4v) is 2.59. The molecule has 19 heavy (non-hydrogen) atoms. The van der Waals surface area contributed by atoms with Gasteiger partial charge in [0.25, 0.3) is 0 Å². The summed E-state index contributed by atoms with van der Waals surface area (Å²) < 4.78 is 1.56. The highest BCUT2D eigenvalue weighted by molar-refractivity contribution is 7.99. The number of hydrogen-bond donors (Lipinski definition) is 2. The maximum absolute atomic E-state index is 10.6. The summed E-state index contributed by atoms with van der Waals surface area (Å²) in [5.74, 6) is -0.889. The first-order valence-electron chi connectivity index (χ1n) is 5.31. The van der Waals surface area contributed by atoms with Crippen molar-refractivity contribution in [2.75, 3.05) is 11.5 Å². The lowest BCUT2D eigenvalue weighted by Gasteiger charge is -2.12. The number of anilines is 1. The molecule has 0 atom stereocenters. The number of aliphatic carboxylic acids is 1. The van der Waals surface area contributed by atoms with Crippen molar-refractivity contribution in [2.45, 2.75) is 12.1 Å². The Morgan fingerprint density at radius 1 is 1.53 bits per heavy atom. The van der Waals surface area contributed by atoms with Gasteiger partial charge in [-0.15, -0.1) is 10.2 Å². The molecule has 0 saturated heterocycles. The Kier molecular flexibility index (Phi) is 3.96. The Morgan fingerprint density at radius 3 is 2.89 bits per heavy atom. The minimum absolute atomic E-state index is 0.123. The van der Waals surface area contributed by atoms with Crippen LogP contribution in [-0.2, 0) is 4.79 Å². The van der Waals surface area contributed by atoms with E-state index >= 15 is 0 Å². The van der Waals surface area contributed by atoms with Crippen LogP contribution in [0.15, 0.2) is 23.4 Å². The van der Waals surface area contributed by atoms with Gasteiger partial charge in [0.2, 0.25) is 5.95 Å². The molecule has 0 unspecified atom stereocenters. The number of carboxylic acid groups (broad SMARTS) is 1. The van der Waals surface area contributed by atoms with Gasteiger partial charge in [0.15, 0.2) is 5.16 Å². The number of nitrogens with two attached hydrogens (primary N) is 1. The van der Waals surface area contributed by atoms with Crippen molar-refractivity contribution in [2.24, 2.45) is 0 Å². The average Bonchev–Trinajstić information content (AvgIpc) is 2.69. The van der Waals surface area contributed by atoms with Gasteiger partial charge in [-0.2, -0.15) is 0 Å². The molecule has 0 aliphatic rings. The first-order chi connectivity index (χ1) is 9.00. The predicted molar refractivity (Wildman–Crippen MR) is 73.9 cm³/mol. The molecule has 0 spiro atoms. The number of para-hydroxylation sites is 1. The number of carboxylic acids is 1. The highest BCUT2D eigenvalue weighted by atomic mass is 35.5. The third kappa shape index (κ3) is 2.82. The summed E-state index contributed by atoms with van der Waals surface area (Å²) in [4.78, 5) is 10.6. The van der Waals surface area contributed by atoms with E-state index in [0.717, 1.165) is 17.3 Å². The molecule has 8 heteroatoms. The quantitative estimate of drug-likeness (QED) is 0.838. The van der Waals surface area contributed by atoms with E-state index < -0.39 is 5.97 Å². The molecule has 1 aromatic heterocycles. The molecule has 2 rings (SSSR count). The van der Waals surface area contributed by atoms with E-state index in [0.29, 0.717) is 15.9 Å². The molecular formula is C11H11ClN4O2S. The zero-order valence-electron chi connectivity index (χ0n) is 10.00. The molecule has 0 amide bonds. The van der Waals surface area contributed by atoms with Crippen molar-refractivity contribution in [1.82, 2.24) is 14.8 Å². The van der Waals surface area contributed by atoms with Crippen LogP contribution in [0.1, 0.15) is 5.56 Å². The second-order valence-corrected chi connectivity index (χ2v) is 5.11. The first kappa shape index (κ1) is 13.7. The van der Waals surface area contributed by atoms with Crippen LogP contribution < -0.4 is 5.73 Å². The maximum Gasteiger partial charge on any atom is 0.313 e. The lowest BCUT2D eigenvalue weighted by Crippen LogP contribution is -2.06. The van der Waals surface area contributed by atoms with Gasteiger partial charge >= 0.3 is 5.97 Å². The summed E-state index contributed by atoms with van der Waals surface area (Å²) in [6, 6.07) is 5.44. The van der Waals surface area contributed by atoms with E-state index in [4.69, 9.17) is 22.4 Å². The number of halogens is 1. The van der Waals surface area contributed by atoms with Crippen LogP contribution in [0.25, 0.3) is 5.69 Å². The van der Waals surface area contributed by atoms with Crippen molar-refractivity contribution in [3.63, 3.8) is 0 Å². The smallest absolute Gasteiger partial charge is 0.313 e. The van der Waals surface area contributed by atoms with Gasteiger partial charge in [0.05, 0.1) is 16.5 Å². The third-order valence-electron chi connectivity index (χ3n) is 2.40. The molecule has 1 heterocycles. The monoisotopic (exact) mass is 298 g/mol. The lowest BCUT2D eigenvalue weighted by molar-refractivity contribution is -0.133. The number of aryl methyl sites for hydroxylation is 1. The Morgan fingerprint density at radius 2 is 2.26 bits per heavy atom. The topological polar surface area (TPSA) is 94.0 Å². The molecular weight excluding hydrogens is 288 g/mol. The average molecular weight is 299 g/mol. The number of nitrogens with zero attached hydrogens (tertiary/aromatic N) is 3. The molecule has 0 radical (unpaired) electrons. The molecule has 0 aliphatic heterocycles. The fourth-order valence-electron chi connectivity index (χ4n) is 1.62. The van der Waals surface area contributed by atoms with Crippen LogP contribution in [0.4, 0.5) is 5.95 Å². The van der Waals surface area contributed by atoms with Gasteiger partial charge in [-0.1, -0.05) is 35.5 Å². The van der Waals surface area contributed by atoms with Crippen LogP contribution >= 0.6 is 23.4 Å². The zero-order valence-corrected chi connectivity index (χ0v) is 11.6. The molecule has 0 aliphatic carbocycles. The molecule has 2 aromatic rings. The highest BCUT2D eigenvalue weighted by Gasteiger charge is 2.17. The van der Waals surface area contributed by atoms with Crippen molar-refractivity contribution < 1.29 is 9.90 Å². The Bertz CT molecular complexity index is 609.